The minimum absolute atomic E-state index is 0.137. The Morgan fingerprint density at radius 2 is 1.00 bits per heavy atom. The van der Waals surface area contributed by atoms with Crippen LogP contribution in [-0.4, -0.2) is 44.3 Å². The molecule has 0 radical (unpaired) electrons. The minimum Gasteiger partial charge on any atom is -0.327 e. The Hall–Kier alpha value is -9.63. The van der Waals surface area contributed by atoms with Gasteiger partial charge in [0.05, 0.1) is 16.7 Å². The number of benzene rings is 9. The number of rotatable bonds is 10. The van der Waals surface area contributed by atoms with Gasteiger partial charge in [-0.15, -0.1) is 0 Å². The van der Waals surface area contributed by atoms with E-state index in [1.54, 1.807) is 0 Å². The van der Waals surface area contributed by atoms with Gasteiger partial charge in [-0.05, 0) is 58.1 Å². The van der Waals surface area contributed by atoms with Gasteiger partial charge in [0.15, 0.2) is 23.3 Å². The Balaban J connectivity index is 1.04. The van der Waals surface area contributed by atoms with Gasteiger partial charge in [-0.2, -0.15) is 0 Å². The second-order valence-electron chi connectivity index (χ2n) is 18.5. The molecule has 0 amide bonds. The van der Waals surface area contributed by atoms with Crippen LogP contribution >= 0.6 is 0 Å². The summed E-state index contributed by atoms with van der Waals surface area (Å²) in [5.41, 5.74) is 20.5. The van der Waals surface area contributed by atoms with Crippen LogP contribution < -0.4 is 10.6 Å². The molecule has 11 aromatic rings. The number of nitrogens with two attached hydrogens (primary N) is 1. The number of hydrogen-bond acceptors (Lipinski definition) is 5. The topological polar surface area (TPSA) is 109 Å². The van der Waals surface area contributed by atoms with E-state index in [0.717, 1.165) is 83.3 Å². The normalized spacial score (nSPS) is 14.4. The third-order valence-electron chi connectivity index (χ3n) is 13.8. The summed E-state index contributed by atoms with van der Waals surface area (Å²) in [6, 6.07) is 78.5. The molecule has 3 N–H and O–H groups in total. The molecule has 0 bridgehead atoms. The maximum absolute atomic E-state index is 9.78. The van der Waals surface area contributed by atoms with E-state index in [4.69, 9.17) is 25.7 Å². The Labute approximate surface area is 430 Å². The zero-order chi connectivity index (χ0) is 50.0. The van der Waals surface area contributed by atoms with Crippen molar-refractivity contribution in [3.63, 3.8) is 0 Å². The van der Waals surface area contributed by atoms with Crippen molar-refractivity contribution in [3.8, 4) is 62.1 Å². The molecule has 0 saturated carbocycles. The first-order valence-corrected chi connectivity index (χ1v) is 24.8. The SMILES string of the molecule is CN(/C(=N\C(=N)c1cccc(-c2cccc(-c3ccccc3)c2)c1)c1ccccc1)c1c(C2C=CC=CC2N)ccc2c3ccccc3n(-c3cccc(-c4nc(-c5ccccc5)nc(-c5ccccc5)n4)c3)c12. The van der Waals surface area contributed by atoms with Gasteiger partial charge in [-0.25, -0.2) is 19.9 Å². The summed E-state index contributed by atoms with van der Waals surface area (Å²) < 4.78 is 2.34. The Morgan fingerprint density at radius 3 is 1.68 bits per heavy atom. The molecule has 74 heavy (non-hydrogen) atoms. The molecule has 0 fully saturated rings. The smallest absolute Gasteiger partial charge is 0.164 e. The number of aliphatic imine (C=N–C) groups is 1. The highest BCUT2D eigenvalue weighted by molar-refractivity contribution is 6.22. The van der Waals surface area contributed by atoms with Gasteiger partial charge in [-0.3, -0.25) is 5.41 Å². The van der Waals surface area contributed by atoms with Crippen molar-refractivity contribution in [2.24, 2.45) is 10.7 Å². The summed E-state index contributed by atoms with van der Waals surface area (Å²) in [7, 11) is 2.07. The van der Waals surface area contributed by atoms with Gasteiger partial charge in [0.25, 0.3) is 0 Å². The Morgan fingerprint density at radius 1 is 0.486 bits per heavy atom. The van der Waals surface area contributed by atoms with E-state index in [0.29, 0.717) is 28.9 Å². The number of allylic oxidation sites excluding steroid dienone is 2. The van der Waals surface area contributed by atoms with Crippen molar-refractivity contribution < 1.29 is 0 Å². The number of aromatic nitrogens is 4. The van der Waals surface area contributed by atoms with Gasteiger partial charge in [0.1, 0.15) is 5.84 Å². The molecule has 0 saturated heterocycles. The summed E-state index contributed by atoms with van der Waals surface area (Å²) in [4.78, 5) is 22.7. The first-order chi connectivity index (χ1) is 36.4. The zero-order valence-electron chi connectivity index (χ0n) is 40.7. The maximum atomic E-state index is 9.78. The highest BCUT2D eigenvalue weighted by Gasteiger charge is 2.29. The number of amidine groups is 2. The molecule has 2 heterocycles. The van der Waals surface area contributed by atoms with E-state index >= 15 is 0 Å². The average molecular weight is 955 g/mol. The molecule has 1 aliphatic carbocycles. The van der Waals surface area contributed by atoms with Crippen LogP contribution in [0.3, 0.4) is 0 Å². The standard InChI is InChI=1S/C66H50N8/c1-73(66(47-27-12-5-13-28-47)69-62(68)51-32-19-31-50(42-51)49-30-18-29-48(41-49)44-21-6-2-7-22-44)60-56(54-35-14-16-37-58(54)67)39-40-57-55-36-15-17-38-59(55)74(61(57)60)53-34-20-33-52(43-53)65-71-63(45-23-8-3-9-24-45)70-64(72-65)46-25-10-4-11-26-46/h2-43,54,58,68H,67H2,1H3/b68-62?,69-66-. The average Bonchev–Trinajstić information content (AvgIpc) is 3.84. The predicted octanol–water partition coefficient (Wildman–Crippen LogP) is 14.7. The van der Waals surface area contributed by atoms with E-state index < -0.39 is 0 Å². The van der Waals surface area contributed by atoms with Crippen molar-refractivity contribution in [1.29, 1.82) is 5.41 Å². The van der Waals surface area contributed by atoms with E-state index in [1.165, 1.54) is 0 Å². The summed E-state index contributed by atoms with van der Waals surface area (Å²) in [5.74, 6) is 2.34. The summed E-state index contributed by atoms with van der Waals surface area (Å²) >= 11 is 0. The largest absolute Gasteiger partial charge is 0.327 e. The van der Waals surface area contributed by atoms with Gasteiger partial charge in [-0.1, -0.05) is 224 Å². The summed E-state index contributed by atoms with van der Waals surface area (Å²) in [5, 5.41) is 11.9. The fraction of sp³-hybridized carbons (Fsp3) is 0.0455. The van der Waals surface area contributed by atoms with Crippen LogP contribution in [0, 0.1) is 5.41 Å². The van der Waals surface area contributed by atoms with E-state index in [1.807, 2.05) is 103 Å². The molecule has 0 spiro atoms. The van der Waals surface area contributed by atoms with E-state index in [-0.39, 0.29) is 17.8 Å². The van der Waals surface area contributed by atoms with Crippen LogP contribution in [0.5, 0.6) is 0 Å². The third kappa shape index (κ3) is 8.80. The van der Waals surface area contributed by atoms with Gasteiger partial charge in [0.2, 0.25) is 0 Å². The number of nitrogens with one attached hydrogen (secondary N) is 1. The molecule has 8 nitrogen and oxygen atoms in total. The first-order valence-electron chi connectivity index (χ1n) is 24.8. The lowest BCUT2D eigenvalue weighted by Gasteiger charge is -2.30. The van der Waals surface area contributed by atoms with Crippen LogP contribution in [0.15, 0.2) is 260 Å². The molecule has 2 unspecified atom stereocenters. The van der Waals surface area contributed by atoms with Gasteiger partial charge >= 0.3 is 0 Å². The van der Waals surface area contributed by atoms with Crippen LogP contribution in [-0.2, 0) is 0 Å². The molecule has 9 aromatic carbocycles. The van der Waals surface area contributed by atoms with Crippen LogP contribution in [0.1, 0.15) is 22.6 Å². The number of nitrogens with zero attached hydrogens (tertiary/aromatic N) is 6. The highest BCUT2D eigenvalue weighted by Crippen LogP contribution is 2.44. The molecular weight excluding hydrogens is 905 g/mol. The fourth-order valence-corrected chi connectivity index (χ4v) is 10.2. The number of anilines is 1. The van der Waals surface area contributed by atoms with Crippen molar-refractivity contribution in [2.75, 3.05) is 11.9 Å². The Kier molecular flexibility index (Phi) is 12.2. The molecule has 12 rings (SSSR count). The third-order valence-corrected chi connectivity index (χ3v) is 13.8. The first kappa shape index (κ1) is 45.5. The second kappa shape index (κ2) is 19.9. The van der Waals surface area contributed by atoms with Crippen molar-refractivity contribution in [3.05, 3.63) is 272 Å². The lowest BCUT2D eigenvalue weighted by molar-refractivity contribution is 0.714. The second-order valence-corrected chi connectivity index (χ2v) is 18.5. The minimum atomic E-state index is -0.286. The summed E-state index contributed by atoms with van der Waals surface area (Å²) in [6.07, 6.45) is 8.34. The van der Waals surface area contributed by atoms with Gasteiger partial charge < -0.3 is 15.2 Å². The van der Waals surface area contributed by atoms with Crippen molar-refractivity contribution >= 4 is 39.2 Å². The van der Waals surface area contributed by atoms with Crippen molar-refractivity contribution in [2.45, 2.75) is 12.0 Å². The quantitative estimate of drug-likeness (QED) is 0.105. The molecular formula is C66H50N8. The lowest BCUT2D eigenvalue weighted by atomic mass is 9.86. The molecule has 0 aliphatic heterocycles. The number of para-hydroxylation sites is 1. The Bertz CT molecular complexity index is 3900. The fourth-order valence-electron chi connectivity index (χ4n) is 10.2. The lowest BCUT2D eigenvalue weighted by Crippen LogP contribution is -2.32. The van der Waals surface area contributed by atoms with E-state index in [9.17, 15) is 5.41 Å². The molecule has 1 aliphatic rings. The van der Waals surface area contributed by atoms with Crippen LogP contribution in [0.25, 0.3) is 83.9 Å². The number of fused-ring (bicyclic) bond motifs is 3. The molecule has 2 aromatic heterocycles. The zero-order valence-corrected chi connectivity index (χ0v) is 40.7. The number of hydrogen-bond donors (Lipinski definition) is 2. The van der Waals surface area contributed by atoms with Crippen LogP contribution in [0.2, 0.25) is 0 Å². The summed E-state index contributed by atoms with van der Waals surface area (Å²) in [6.45, 7) is 0. The predicted molar refractivity (Wildman–Crippen MR) is 305 cm³/mol. The highest BCUT2D eigenvalue weighted by atomic mass is 15.2. The monoisotopic (exact) mass is 954 g/mol. The molecule has 354 valence electrons. The maximum Gasteiger partial charge on any atom is 0.164 e. The van der Waals surface area contributed by atoms with Crippen molar-refractivity contribution in [1.82, 2.24) is 19.5 Å². The molecule has 8 heteroatoms. The molecule has 2 atom stereocenters. The van der Waals surface area contributed by atoms with E-state index in [2.05, 4.69) is 168 Å². The van der Waals surface area contributed by atoms with Crippen LogP contribution in [0.4, 0.5) is 5.69 Å². The van der Waals surface area contributed by atoms with Gasteiger partial charge in [0, 0.05) is 63.3 Å².